The van der Waals surface area contributed by atoms with Crippen LogP contribution in [0.15, 0.2) is 56.6 Å². The highest BCUT2D eigenvalue weighted by atomic mass is 35.5. The lowest BCUT2D eigenvalue weighted by Gasteiger charge is -2.35. The van der Waals surface area contributed by atoms with Crippen molar-refractivity contribution in [2.24, 2.45) is 7.05 Å². The van der Waals surface area contributed by atoms with E-state index in [-0.39, 0.29) is 23.1 Å². The summed E-state index contributed by atoms with van der Waals surface area (Å²) in [4.78, 5) is 13.9. The van der Waals surface area contributed by atoms with E-state index in [1.54, 1.807) is 19.2 Å². The van der Waals surface area contributed by atoms with Gasteiger partial charge in [-0.05, 0) is 23.8 Å². The minimum Gasteiger partial charge on any atom is -0.408 e. The average Bonchev–Trinajstić information content (AvgIpc) is 3.03. The second kappa shape index (κ2) is 8.52. The highest BCUT2D eigenvalue weighted by Crippen LogP contribution is 2.28. The number of nitrogens with one attached hydrogen (secondary N) is 1. The van der Waals surface area contributed by atoms with Crippen LogP contribution in [0.3, 0.4) is 0 Å². The van der Waals surface area contributed by atoms with E-state index in [1.807, 2.05) is 18.2 Å². The van der Waals surface area contributed by atoms with Crippen molar-refractivity contribution in [3.8, 4) is 0 Å². The molecule has 1 aliphatic heterocycles. The monoisotopic (exact) mass is 451 g/mol. The van der Waals surface area contributed by atoms with Crippen LogP contribution in [0.1, 0.15) is 11.6 Å². The van der Waals surface area contributed by atoms with E-state index in [9.17, 15) is 13.2 Å². The van der Waals surface area contributed by atoms with Crippen LogP contribution in [0, 0.1) is 0 Å². The van der Waals surface area contributed by atoms with Crippen molar-refractivity contribution in [3.05, 3.63) is 63.6 Å². The topological polar surface area (TPSA) is 93.8 Å². The molecule has 0 spiro atoms. The summed E-state index contributed by atoms with van der Waals surface area (Å²) < 4.78 is 40.5. The molecule has 2 heterocycles. The van der Waals surface area contributed by atoms with Crippen molar-refractivity contribution >= 4 is 32.7 Å². The molecular weight excluding hydrogens is 430 g/mol. The summed E-state index contributed by atoms with van der Waals surface area (Å²) in [6.45, 7) is 2.66. The Morgan fingerprint density at radius 1 is 1.17 bits per heavy atom. The number of hydrogen-bond donors (Lipinski definition) is 1. The second-order valence-electron chi connectivity index (χ2n) is 7.09. The molecule has 4 rings (SSSR count). The molecule has 0 amide bonds. The van der Waals surface area contributed by atoms with Gasteiger partial charge >= 0.3 is 5.76 Å². The van der Waals surface area contributed by atoms with E-state index in [1.165, 1.54) is 16.7 Å². The molecule has 1 N–H and O–H groups in total. The van der Waals surface area contributed by atoms with Crippen molar-refractivity contribution in [1.29, 1.82) is 0 Å². The Balaban J connectivity index is 1.60. The number of nitrogens with zero attached hydrogens (tertiary/aromatic N) is 2. The second-order valence-corrected chi connectivity index (χ2v) is 9.27. The first-order valence-electron chi connectivity index (χ1n) is 9.52. The molecule has 0 saturated carbocycles. The molecule has 1 atom stereocenters. The summed E-state index contributed by atoms with van der Waals surface area (Å²) >= 11 is 6.41. The Morgan fingerprint density at radius 2 is 1.90 bits per heavy atom. The van der Waals surface area contributed by atoms with Crippen molar-refractivity contribution < 1.29 is 17.6 Å². The van der Waals surface area contributed by atoms with Crippen molar-refractivity contribution in [1.82, 2.24) is 14.2 Å². The van der Waals surface area contributed by atoms with Crippen LogP contribution in [0.5, 0.6) is 0 Å². The Labute approximate surface area is 179 Å². The molecule has 1 aliphatic rings. The van der Waals surface area contributed by atoms with Crippen molar-refractivity contribution in [3.63, 3.8) is 0 Å². The molecule has 8 nitrogen and oxygen atoms in total. The van der Waals surface area contributed by atoms with E-state index in [4.69, 9.17) is 20.8 Å². The number of aryl methyl sites for hydroxylation is 1. The Bertz CT molecular complexity index is 1210. The summed E-state index contributed by atoms with van der Waals surface area (Å²) in [5.41, 5.74) is 1.61. The number of hydrogen-bond acceptors (Lipinski definition) is 6. The smallest absolute Gasteiger partial charge is 0.408 e. The van der Waals surface area contributed by atoms with Gasteiger partial charge in [-0.15, -0.1) is 0 Å². The zero-order valence-electron chi connectivity index (χ0n) is 16.4. The predicted octanol–water partition coefficient (Wildman–Crippen LogP) is 2.14. The highest BCUT2D eigenvalue weighted by Gasteiger charge is 2.27. The highest BCUT2D eigenvalue weighted by molar-refractivity contribution is 7.89. The lowest BCUT2D eigenvalue weighted by Crippen LogP contribution is -2.43. The Hall–Kier alpha value is -2.17. The van der Waals surface area contributed by atoms with Crippen LogP contribution in [-0.2, 0) is 21.8 Å². The zero-order chi connectivity index (χ0) is 21.3. The molecular formula is C20H22ClN3O5S. The van der Waals surface area contributed by atoms with Crippen LogP contribution in [0.2, 0.25) is 5.02 Å². The van der Waals surface area contributed by atoms with Gasteiger partial charge in [0.1, 0.15) is 0 Å². The van der Waals surface area contributed by atoms with Gasteiger partial charge in [-0.2, -0.15) is 0 Å². The molecule has 1 fully saturated rings. The van der Waals surface area contributed by atoms with E-state index in [2.05, 4.69) is 9.62 Å². The Kier molecular flexibility index (Phi) is 5.99. The van der Waals surface area contributed by atoms with Crippen molar-refractivity contribution in [2.45, 2.75) is 10.9 Å². The molecule has 3 aromatic rings. The molecule has 10 heteroatoms. The van der Waals surface area contributed by atoms with Crippen LogP contribution in [0.4, 0.5) is 0 Å². The maximum atomic E-state index is 13.0. The van der Waals surface area contributed by atoms with Crippen LogP contribution in [0.25, 0.3) is 11.1 Å². The first-order valence-corrected chi connectivity index (χ1v) is 11.4. The summed E-state index contributed by atoms with van der Waals surface area (Å²) in [6, 6.07) is 11.6. The number of halogens is 1. The summed E-state index contributed by atoms with van der Waals surface area (Å²) in [5, 5.41) is 0.584. The average molecular weight is 452 g/mol. The van der Waals surface area contributed by atoms with Gasteiger partial charge in [0.15, 0.2) is 5.58 Å². The zero-order valence-corrected chi connectivity index (χ0v) is 17.9. The summed E-state index contributed by atoms with van der Waals surface area (Å²) in [7, 11) is -2.27. The quantitative estimate of drug-likeness (QED) is 0.617. The number of morpholine rings is 1. The summed E-state index contributed by atoms with van der Waals surface area (Å²) in [6.07, 6.45) is 0. The molecule has 1 aromatic heterocycles. The standard InChI is InChI=1S/C20H22ClN3O5S/c1-23-17-7-6-14(12-19(17)29-20(23)25)30(26,27)22-13-18(24-8-10-28-11-9-24)15-4-2-3-5-16(15)21/h2-7,12,18,22H,8-11,13H2,1H3/t18-/m1/s1. The molecule has 0 unspecified atom stereocenters. The van der Waals surface area contributed by atoms with Crippen molar-refractivity contribution in [2.75, 3.05) is 32.8 Å². The number of rotatable bonds is 6. The van der Waals surface area contributed by atoms with E-state index in [0.29, 0.717) is 36.8 Å². The maximum Gasteiger partial charge on any atom is 0.419 e. The van der Waals surface area contributed by atoms with Crippen LogP contribution < -0.4 is 10.5 Å². The molecule has 30 heavy (non-hydrogen) atoms. The van der Waals surface area contributed by atoms with Gasteiger partial charge in [0, 0.05) is 43.8 Å². The third kappa shape index (κ3) is 4.17. The number of fused-ring (bicyclic) bond motifs is 1. The van der Waals surface area contributed by atoms with Gasteiger partial charge in [-0.3, -0.25) is 9.47 Å². The lowest BCUT2D eigenvalue weighted by atomic mass is 10.0. The molecule has 1 saturated heterocycles. The van der Waals surface area contributed by atoms with Gasteiger partial charge in [-0.25, -0.2) is 17.9 Å². The first kappa shape index (κ1) is 21.1. The summed E-state index contributed by atoms with van der Waals surface area (Å²) in [5.74, 6) is -0.543. The molecule has 160 valence electrons. The largest absolute Gasteiger partial charge is 0.419 e. The van der Waals surface area contributed by atoms with E-state index in [0.717, 1.165) is 5.56 Å². The maximum absolute atomic E-state index is 13.0. The van der Waals surface area contributed by atoms with Crippen LogP contribution >= 0.6 is 11.6 Å². The van der Waals surface area contributed by atoms with Gasteiger partial charge in [0.05, 0.1) is 23.6 Å². The SMILES string of the molecule is Cn1c(=O)oc2cc(S(=O)(=O)NC[C@H](c3ccccc3Cl)N3CCOCC3)ccc21. The van der Waals surface area contributed by atoms with Gasteiger partial charge in [0.2, 0.25) is 10.0 Å². The fourth-order valence-corrected chi connectivity index (χ4v) is 4.94. The van der Waals surface area contributed by atoms with Gasteiger partial charge in [-0.1, -0.05) is 29.8 Å². The van der Waals surface area contributed by atoms with Gasteiger partial charge in [0.25, 0.3) is 0 Å². The normalized spacial score (nSPS) is 16.7. The van der Waals surface area contributed by atoms with E-state index >= 15 is 0 Å². The Morgan fingerprint density at radius 3 is 2.63 bits per heavy atom. The predicted molar refractivity (Wildman–Crippen MR) is 113 cm³/mol. The molecule has 0 bridgehead atoms. The number of benzene rings is 2. The fraction of sp³-hybridized carbons (Fsp3) is 0.350. The molecule has 2 aromatic carbocycles. The lowest BCUT2D eigenvalue weighted by molar-refractivity contribution is 0.0172. The minimum absolute atomic E-state index is 0.0317. The van der Waals surface area contributed by atoms with Gasteiger partial charge < -0.3 is 9.15 Å². The number of oxazole rings is 1. The molecule has 0 aliphatic carbocycles. The number of aromatic nitrogens is 1. The van der Waals surface area contributed by atoms with Crippen LogP contribution in [-0.4, -0.2) is 50.7 Å². The van der Waals surface area contributed by atoms with E-state index < -0.39 is 15.8 Å². The number of sulfonamides is 1. The fourth-order valence-electron chi connectivity index (χ4n) is 3.62. The first-order chi connectivity index (χ1) is 14.4. The third-order valence-electron chi connectivity index (χ3n) is 5.29. The number of ether oxygens (including phenoxy) is 1. The third-order valence-corrected chi connectivity index (χ3v) is 7.06. The molecule has 0 radical (unpaired) electrons. The minimum atomic E-state index is -3.83.